The number of ether oxygens (including phenoxy) is 3. The van der Waals surface area contributed by atoms with Crippen molar-refractivity contribution in [1.29, 1.82) is 0 Å². The third-order valence-corrected chi connectivity index (χ3v) is 6.28. The maximum absolute atomic E-state index is 12.8. The highest BCUT2D eigenvalue weighted by molar-refractivity contribution is 8.18. The van der Waals surface area contributed by atoms with Crippen molar-refractivity contribution in [2.24, 2.45) is 0 Å². The zero-order chi connectivity index (χ0) is 26.2. The standard InChI is InChI=1S/C25H25ClN2O7S/c1-4-5-8-35-24(31)19-12-16(6-7-20(19)26)27-22(29)14-28-23(30)21(36-25(28)32)11-15-9-17(33-2)13-18(10-15)34-3/h6-7,9-13H,4-5,8,14H2,1-3H3,(H,27,29)/b21-11+. The third kappa shape index (κ3) is 6.79. The van der Waals surface area contributed by atoms with Gasteiger partial charge in [0.1, 0.15) is 18.0 Å². The number of carbonyl (C=O) groups excluding carboxylic acids is 4. The Bertz CT molecular complexity index is 1190. The van der Waals surface area contributed by atoms with Crippen LogP contribution >= 0.6 is 23.4 Å². The monoisotopic (exact) mass is 532 g/mol. The minimum absolute atomic E-state index is 0.105. The van der Waals surface area contributed by atoms with Gasteiger partial charge in [-0.1, -0.05) is 24.9 Å². The van der Waals surface area contributed by atoms with Crippen molar-refractivity contribution >= 4 is 58.1 Å². The van der Waals surface area contributed by atoms with Crippen LogP contribution in [0.3, 0.4) is 0 Å². The number of unbranched alkanes of at least 4 members (excludes halogenated alkanes) is 1. The summed E-state index contributed by atoms with van der Waals surface area (Å²) in [4.78, 5) is 51.2. The van der Waals surface area contributed by atoms with E-state index in [2.05, 4.69) is 5.32 Å². The predicted octanol–water partition coefficient (Wildman–Crippen LogP) is 4.99. The van der Waals surface area contributed by atoms with Gasteiger partial charge in [-0.3, -0.25) is 19.3 Å². The summed E-state index contributed by atoms with van der Waals surface area (Å²) in [5.41, 5.74) is 0.979. The minimum Gasteiger partial charge on any atom is -0.497 e. The lowest BCUT2D eigenvalue weighted by atomic mass is 10.2. The van der Waals surface area contributed by atoms with Gasteiger partial charge in [-0.2, -0.15) is 0 Å². The van der Waals surface area contributed by atoms with Crippen LogP contribution in [0, 0.1) is 0 Å². The van der Waals surface area contributed by atoms with Crippen LogP contribution in [0.1, 0.15) is 35.7 Å². The first kappa shape index (κ1) is 27.1. The molecule has 1 aliphatic rings. The SMILES string of the molecule is CCCCOC(=O)c1cc(NC(=O)CN2C(=O)S/C(=C/c3cc(OC)cc(OC)c3)C2=O)ccc1Cl. The molecule has 0 unspecified atom stereocenters. The number of carbonyl (C=O) groups is 4. The first-order chi connectivity index (χ1) is 17.2. The molecule has 2 aromatic rings. The number of nitrogens with zero attached hydrogens (tertiary/aromatic N) is 1. The highest BCUT2D eigenvalue weighted by atomic mass is 35.5. The molecule has 2 aromatic carbocycles. The maximum Gasteiger partial charge on any atom is 0.339 e. The third-order valence-electron chi connectivity index (χ3n) is 5.05. The fraction of sp³-hybridized carbons (Fsp3) is 0.280. The first-order valence-corrected chi connectivity index (χ1v) is 12.2. The van der Waals surface area contributed by atoms with Crippen LogP contribution in [0.2, 0.25) is 5.02 Å². The number of halogens is 1. The highest BCUT2D eigenvalue weighted by Gasteiger charge is 2.36. The van der Waals surface area contributed by atoms with Gasteiger partial charge in [0.15, 0.2) is 0 Å². The van der Waals surface area contributed by atoms with Gasteiger partial charge in [0.25, 0.3) is 11.1 Å². The summed E-state index contributed by atoms with van der Waals surface area (Å²) in [6.07, 6.45) is 3.12. The Kier molecular flexibility index (Phi) is 9.38. The summed E-state index contributed by atoms with van der Waals surface area (Å²) < 4.78 is 15.6. The lowest BCUT2D eigenvalue weighted by molar-refractivity contribution is -0.127. The van der Waals surface area contributed by atoms with Crippen LogP contribution in [0.5, 0.6) is 11.5 Å². The molecule has 0 aromatic heterocycles. The Balaban J connectivity index is 1.69. The molecule has 0 bridgehead atoms. The number of methoxy groups -OCH3 is 2. The number of thioether (sulfide) groups is 1. The number of hydrogen-bond donors (Lipinski definition) is 1. The Morgan fingerprint density at radius 1 is 1.08 bits per heavy atom. The number of benzene rings is 2. The van der Waals surface area contributed by atoms with E-state index in [4.69, 9.17) is 25.8 Å². The first-order valence-electron chi connectivity index (χ1n) is 11.0. The molecule has 1 N–H and O–H groups in total. The summed E-state index contributed by atoms with van der Waals surface area (Å²) in [5, 5.41) is 2.19. The predicted molar refractivity (Wildman–Crippen MR) is 137 cm³/mol. The quantitative estimate of drug-likeness (QED) is 0.259. The molecule has 3 amide bonds. The van der Waals surface area contributed by atoms with Gasteiger partial charge in [0.2, 0.25) is 5.91 Å². The van der Waals surface area contributed by atoms with E-state index in [1.165, 1.54) is 38.5 Å². The van der Waals surface area contributed by atoms with Gasteiger partial charge in [0.05, 0.1) is 36.3 Å². The Labute approximate surface area is 217 Å². The minimum atomic E-state index is -0.616. The molecule has 1 fully saturated rings. The number of rotatable bonds is 10. The van der Waals surface area contributed by atoms with E-state index in [0.29, 0.717) is 17.1 Å². The Morgan fingerprint density at radius 3 is 2.42 bits per heavy atom. The van der Waals surface area contributed by atoms with Crippen molar-refractivity contribution in [1.82, 2.24) is 4.90 Å². The second kappa shape index (κ2) is 12.5. The molecule has 0 spiro atoms. The molecule has 3 rings (SSSR count). The molecule has 11 heteroatoms. The second-order valence-electron chi connectivity index (χ2n) is 7.65. The molecule has 0 radical (unpaired) electrons. The van der Waals surface area contributed by atoms with Crippen LogP contribution in [0.15, 0.2) is 41.3 Å². The summed E-state index contributed by atoms with van der Waals surface area (Å²) in [6, 6.07) is 9.41. The second-order valence-corrected chi connectivity index (χ2v) is 9.05. The molecule has 0 atom stereocenters. The molecular weight excluding hydrogens is 508 g/mol. The van der Waals surface area contributed by atoms with Gasteiger partial charge in [0, 0.05) is 11.8 Å². The van der Waals surface area contributed by atoms with Crippen molar-refractivity contribution in [3.63, 3.8) is 0 Å². The van der Waals surface area contributed by atoms with Gasteiger partial charge in [-0.15, -0.1) is 0 Å². The van der Waals surface area contributed by atoms with Crippen molar-refractivity contribution in [3.8, 4) is 11.5 Å². The van der Waals surface area contributed by atoms with Crippen LogP contribution in [0.4, 0.5) is 10.5 Å². The van der Waals surface area contributed by atoms with Crippen LogP contribution in [0.25, 0.3) is 6.08 Å². The lowest BCUT2D eigenvalue weighted by Gasteiger charge is -2.13. The zero-order valence-electron chi connectivity index (χ0n) is 20.0. The number of anilines is 1. The number of nitrogens with one attached hydrogen (secondary N) is 1. The number of hydrogen-bond acceptors (Lipinski definition) is 8. The van der Waals surface area contributed by atoms with Gasteiger partial charge < -0.3 is 19.5 Å². The van der Waals surface area contributed by atoms with Crippen molar-refractivity contribution < 1.29 is 33.4 Å². The summed E-state index contributed by atoms with van der Waals surface area (Å²) in [6.45, 7) is 1.74. The highest BCUT2D eigenvalue weighted by Crippen LogP contribution is 2.33. The van der Waals surface area contributed by atoms with E-state index in [1.807, 2.05) is 6.92 Å². The van der Waals surface area contributed by atoms with E-state index in [1.54, 1.807) is 18.2 Å². The normalized spacial score (nSPS) is 14.2. The van der Waals surface area contributed by atoms with Crippen molar-refractivity contribution in [2.75, 3.05) is 32.7 Å². The molecule has 0 saturated carbocycles. The average Bonchev–Trinajstić information content (AvgIpc) is 3.12. The Morgan fingerprint density at radius 2 is 1.78 bits per heavy atom. The molecule has 1 aliphatic heterocycles. The van der Waals surface area contributed by atoms with Crippen LogP contribution in [-0.2, 0) is 14.3 Å². The summed E-state index contributed by atoms with van der Waals surface area (Å²) in [7, 11) is 3.01. The molecule has 9 nitrogen and oxygen atoms in total. The average molecular weight is 533 g/mol. The molecular formula is C25H25ClN2O7S. The van der Waals surface area contributed by atoms with Gasteiger partial charge >= 0.3 is 5.97 Å². The number of amides is 3. The van der Waals surface area contributed by atoms with E-state index < -0.39 is 29.6 Å². The van der Waals surface area contributed by atoms with Gasteiger partial charge in [-0.05, 0) is 60.2 Å². The van der Waals surface area contributed by atoms with Crippen molar-refractivity contribution in [3.05, 3.63) is 57.5 Å². The molecule has 36 heavy (non-hydrogen) atoms. The van der Waals surface area contributed by atoms with E-state index in [0.717, 1.165) is 29.5 Å². The van der Waals surface area contributed by atoms with Crippen molar-refractivity contribution in [2.45, 2.75) is 19.8 Å². The van der Waals surface area contributed by atoms with Gasteiger partial charge in [-0.25, -0.2) is 4.79 Å². The van der Waals surface area contributed by atoms with Crippen LogP contribution in [-0.4, -0.2) is 55.3 Å². The smallest absolute Gasteiger partial charge is 0.339 e. The largest absolute Gasteiger partial charge is 0.497 e. The fourth-order valence-corrected chi connectivity index (χ4v) is 4.22. The topological polar surface area (TPSA) is 111 Å². The maximum atomic E-state index is 12.8. The number of esters is 1. The number of imide groups is 1. The molecule has 1 saturated heterocycles. The Hall–Kier alpha value is -3.50. The summed E-state index contributed by atoms with van der Waals surface area (Å²) in [5.74, 6) is -0.770. The summed E-state index contributed by atoms with van der Waals surface area (Å²) >= 11 is 6.83. The molecule has 1 heterocycles. The van der Waals surface area contributed by atoms with E-state index >= 15 is 0 Å². The fourth-order valence-electron chi connectivity index (χ4n) is 3.19. The zero-order valence-corrected chi connectivity index (χ0v) is 21.5. The molecule has 0 aliphatic carbocycles. The lowest BCUT2D eigenvalue weighted by Crippen LogP contribution is -2.36. The van der Waals surface area contributed by atoms with E-state index in [-0.39, 0.29) is 27.8 Å². The van der Waals surface area contributed by atoms with E-state index in [9.17, 15) is 19.2 Å². The van der Waals surface area contributed by atoms with Crippen LogP contribution < -0.4 is 14.8 Å². The molecule has 190 valence electrons.